The summed E-state index contributed by atoms with van der Waals surface area (Å²) >= 11 is 0. The molecule has 4 aromatic rings. The Bertz CT molecular complexity index is 2110. The Labute approximate surface area is 316 Å². The minimum absolute atomic E-state index is 0.0738. The lowest BCUT2D eigenvalue weighted by Gasteiger charge is -2.25. The van der Waals surface area contributed by atoms with Crippen LogP contribution in [0.5, 0.6) is 5.75 Å². The van der Waals surface area contributed by atoms with Crippen LogP contribution < -0.4 is 15.1 Å². The Morgan fingerprint density at radius 1 is 1.05 bits per heavy atom. The first-order valence-electron chi connectivity index (χ1n) is 17.4. The van der Waals surface area contributed by atoms with Gasteiger partial charge in [-0.15, -0.1) is 0 Å². The van der Waals surface area contributed by atoms with E-state index in [1.807, 2.05) is 19.9 Å². The summed E-state index contributed by atoms with van der Waals surface area (Å²) < 4.78 is 61.7. The summed E-state index contributed by atoms with van der Waals surface area (Å²) in [6.07, 6.45) is -2.40. The normalized spacial score (nSPS) is 22.5. The van der Waals surface area contributed by atoms with Gasteiger partial charge in [0.1, 0.15) is 54.7 Å². The number of rotatable bonds is 19. The fourth-order valence-corrected chi connectivity index (χ4v) is 7.83. The van der Waals surface area contributed by atoms with E-state index in [4.69, 9.17) is 33.0 Å². The van der Waals surface area contributed by atoms with Crippen molar-refractivity contribution >= 4 is 27.1 Å². The molecule has 3 heterocycles. The summed E-state index contributed by atoms with van der Waals surface area (Å²) in [5.74, 6) is -0.407. The third-order valence-corrected chi connectivity index (χ3v) is 11.5. The first kappa shape index (κ1) is 41.9. The van der Waals surface area contributed by atoms with Gasteiger partial charge in [0.05, 0.1) is 25.5 Å². The number of ether oxygens (including phenoxy) is 2. The van der Waals surface area contributed by atoms with Crippen LogP contribution in [0.1, 0.15) is 44.9 Å². The van der Waals surface area contributed by atoms with Crippen molar-refractivity contribution in [3.8, 4) is 11.8 Å². The highest BCUT2D eigenvalue weighted by atomic mass is 31.2. The highest BCUT2D eigenvalue weighted by Crippen LogP contribution is 2.47. The minimum Gasteiger partial charge on any atom is -0.464 e. The van der Waals surface area contributed by atoms with Gasteiger partial charge in [0.15, 0.2) is 5.49 Å². The second-order valence-electron chi connectivity index (χ2n) is 12.8. The number of aliphatic hydroxyl groups excluding tert-OH is 2. The molecule has 1 aliphatic heterocycles. The van der Waals surface area contributed by atoms with Crippen LogP contribution in [0.4, 0.5) is 0 Å². The quantitative estimate of drug-likeness (QED) is 0.0666. The third kappa shape index (κ3) is 9.96. The van der Waals surface area contributed by atoms with Gasteiger partial charge in [-0.2, -0.15) is 15.4 Å². The molecule has 2 aromatic heterocycles. The first-order chi connectivity index (χ1) is 26.2. The van der Waals surface area contributed by atoms with Crippen molar-refractivity contribution in [3.05, 3.63) is 95.9 Å². The van der Waals surface area contributed by atoms with E-state index in [9.17, 15) is 34.3 Å². The summed E-state index contributed by atoms with van der Waals surface area (Å²) in [4.78, 5) is 23.0. The highest BCUT2D eigenvalue weighted by molar-refractivity contribution is 7.52. The van der Waals surface area contributed by atoms with Crippen molar-refractivity contribution in [2.24, 2.45) is 5.92 Å². The Balaban J connectivity index is 1.31. The number of aromatic nitrogens is 3. The van der Waals surface area contributed by atoms with Crippen LogP contribution in [0.3, 0.4) is 0 Å². The lowest BCUT2D eigenvalue weighted by molar-refractivity contribution is -0.146. The Kier molecular flexibility index (Phi) is 13.8. The van der Waals surface area contributed by atoms with Gasteiger partial charge in [-0.1, -0.05) is 75.2 Å². The lowest BCUT2D eigenvalue weighted by atomic mass is 9.92. The summed E-state index contributed by atoms with van der Waals surface area (Å²) in [6, 6.07) is 20.2. The number of para-hydroxylation sites is 1. The predicted molar refractivity (Wildman–Crippen MR) is 194 cm³/mol. The number of nitrogens with one attached hydrogen (secondary N) is 2. The van der Waals surface area contributed by atoms with Crippen LogP contribution in [0, 0.1) is 22.7 Å². The van der Waals surface area contributed by atoms with Gasteiger partial charge >= 0.3 is 21.5 Å². The van der Waals surface area contributed by atoms with Crippen molar-refractivity contribution in [1.82, 2.24) is 19.3 Å². The van der Waals surface area contributed by atoms with Gasteiger partial charge in [0.2, 0.25) is 5.60 Å². The van der Waals surface area contributed by atoms with E-state index < -0.39 is 64.8 Å². The number of phosphoric acid groups is 1. The van der Waals surface area contributed by atoms with E-state index in [1.165, 1.54) is 31.2 Å². The standard InChI is InChI=1S/C35H44N6O12P2/c1-4-25(5-2)18-48-34(44)24(3)39-54(45,53-27-14-10-7-11-15-27)49-20-29-31(42)32(43)35(21-36,52-29)30-17-16-28-33(37)40(22-38-41(28)30)23-51-55(46,47)50-19-26-12-8-6-9-13-26/h6-17,22,24-25,29,31-32,37,42-43H,4-5,18-20,23H2,1-3H3,(H,39,45)(H,46,47)/t24-,29+,31+,32+,35-,54-/m0/s1. The molecule has 7 atom stereocenters. The molecule has 18 nitrogen and oxygen atoms in total. The fraction of sp³-hybridized carbons (Fsp3) is 0.429. The zero-order valence-corrected chi connectivity index (χ0v) is 32.1. The first-order valence-corrected chi connectivity index (χ1v) is 20.5. The van der Waals surface area contributed by atoms with Gasteiger partial charge in [0.25, 0.3) is 0 Å². The molecule has 0 amide bonds. The molecule has 1 unspecified atom stereocenters. The molecule has 1 aliphatic rings. The second-order valence-corrected chi connectivity index (χ2v) is 15.9. The molecule has 5 rings (SSSR count). The fourth-order valence-electron chi connectivity index (χ4n) is 5.67. The minimum atomic E-state index is -4.55. The topological polar surface area (TPSA) is 249 Å². The van der Waals surface area contributed by atoms with Crippen LogP contribution in [-0.4, -0.2) is 72.8 Å². The SMILES string of the molecule is CCC(CC)COC(=O)[C@H](C)N[P@](=O)(OC[C@H]1O[C@@](C#N)(c2ccc3c(=N)n(COP(=O)(O)OCc4ccccc4)cnn23)[C@H](O)[C@@H]1O)Oc1ccccc1. The Morgan fingerprint density at radius 2 is 1.73 bits per heavy atom. The van der Waals surface area contributed by atoms with Crippen LogP contribution in [0.25, 0.3) is 5.52 Å². The molecule has 296 valence electrons. The molecule has 20 heteroatoms. The van der Waals surface area contributed by atoms with Crippen LogP contribution in [-0.2, 0) is 55.9 Å². The molecule has 0 spiro atoms. The van der Waals surface area contributed by atoms with Crippen molar-refractivity contribution in [3.63, 3.8) is 0 Å². The van der Waals surface area contributed by atoms with Gasteiger partial charge in [-0.25, -0.2) is 13.6 Å². The molecule has 1 saturated heterocycles. The zero-order valence-electron chi connectivity index (χ0n) is 30.3. The van der Waals surface area contributed by atoms with E-state index in [0.717, 1.165) is 28.3 Å². The molecular formula is C35H44N6O12P2. The maximum atomic E-state index is 14.1. The number of benzene rings is 2. The summed E-state index contributed by atoms with van der Waals surface area (Å²) in [5, 5.41) is 48.2. The number of esters is 1. The van der Waals surface area contributed by atoms with Gasteiger partial charge < -0.3 is 29.1 Å². The monoisotopic (exact) mass is 802 g/mol. The Hall–Kier alpha value is -4.24. The summed E-state index contributed by atoms with van der Waals surface area (Å²) in [5.41, 5.74) is -1.88. The molecule has 0 saturated carbocycles. The number of fused-ring (bicyclic) bond motifs is 1. The van der Waals surface area contributed by atoms with Crippen LogP contribution in [0.15, 0.2) is 79.1 Å². The van der Waals surface area contributed by atoms with E-state index in [-0.39, 0.29) is 41.6 Å². The van der Waals surface area contributed by atoms with Crippen LogP contribution >= 0.6 is 15.6 Å². The highest BCUT2D eigenvalue weighted by Gasteiger charge is 2.58. The van der Waals surface area contributed by atoms with Crippen LogP contribution in [0.2, 0.25) is 0 Å². The molecular weight excluding hydrogens is 758 g/mol. The largest absolute Gasteiger partial charge is 0.474 e. The van der Waals surface area contributed by atoms with Gasteiger partial charge in [0, 0.05) is 0 Å². The smallest absolute Gasteiger partial charge is 0.464 e. The van der Waals surface area contributed by atoms with Crippen molar-refractivity contribution in [2.75, 3.05) is 13.2 Å². The van der Waals surface area contributed by atoms with E-state index in [1.54, 1.807) is 48.5 Å². The number of phosphoric ester groups is 1. The summed E-state index contributed by atoms with van der Waals surface area (Å²) in [6.45, 7) is 4.09. The average molecular weight is 803 g/mol. The van der Waals surface area contributed by atoms with Crippen molar-refractivity contribution in [2.45, 2.75) is 76.9 Å². The van der Waals surface area contributed by atoms with Gasteiger partial charge in [-0.3, -0.25) is 28.3 Å². The second kappa shape index (κ2) is 18.1. The molecule has 2 aromatic carbocycles. The van der Waals surface area contributed by atoms with Crippen molar-refractivity contribution in [1.29, 1.82) is 10.7 Å². The number of aliphatic hydroxyl groups is 2. The maximum Gasteiger partial charge on any atom is 0.474 e. The molecule has 5 N–H and O–H groups in total. The number of carbonyl (C=O) groups excluding carboxylic acids is 1. The Morgan fingerprint density at radius 3 is 2.38 bits per heavy atom. The molecule has 55 heavy (non-hydrogen) atoms. The lowest BCUT2D eigenvalue weighted by Crippen LogP contribution is -2.41. The van der Waals surface area contributed by atoms with E-state index >= 15 is 0 Å². The molecule has 0 aliphatic carbocycles. The zero-order chi connectivity index (χ0) is 39.8. The predicted octanol–water partition coefficient (Wildman–Crippen LogP) is 3.91. The number of nitrogens with zero attached hydrogens (tertiary/aromatic N) is 4. The van der Waals surface area contributed by atoms with E-state index in [0.29, 0.717) is 5.56 Å². The maximum absolute atomic E-state index is 14.1. The number of hydrogen-bond acceptors (Lipinski definition) is 14. The molecule has 0 bridgehead atoms. The average Bonchev–Trinajstić information content (AvgIpc) is 3.73. The molecule has 1 fully saturated rings. The number of nitriles is 1. The molecule has 0 radical (unpaired) electrons. The third-order valence-electron chi connectivity index (χ3n) is 8.99. The van der Waals surface area contributed by atoms with Gasteiger partial charge in [-0.05, 0) is 42.7 Å². The van der Waals surface area contributed by atoms with E-state index in [2.05, 4.69) is 10.2 Å². The van der Waals surface area contributed by atoms with Crippen molar-refractivity contribution < 1.29 is 56.6 Å². The summed E-state index contributed by atoms with van der Waals surface area (Å²) in [7, 11) is -8.97. The number of hydrogen-bond donors (Lipinski definition) is 5. The number of carbonyl (C=O) groups is 1.